The number of H-pyrrole nitrogens is 1. The standard InChI is InChI=1S/C26H36N6O/c1-17(2)32-16-22(19(4)29-32)23-15-21-24(9-10-27-25(21)28-23)30-11-13-31(14-12-30)26(33)20-7-5-18(3)6-8-20/h9-10,15-18,20H,5-8,11-14H2,1-4H3,(H,27,28). The summed E-state index contributed by atoms with van der Waals surface area (Å²) in [6.45, 7) is 12.0. The molecule has 1 aliphatic heterocycles. The molecule has 0 atom stereocenters. The van der Waals surface area contributed by atoms with Gasteiger partial charge in [-0.05, 0) is 64.5 Å². The highest BCUT2D eigenvalue weighted by Crippen LogP contribution is 2.33. The fraction of sp³-hybridized carbons (Fsp3) is 0.577. The Bertz CT molecular complexity index is 1130. The highest BCUT2D eigenvalue weighted by molar-refractivity contribution is 5.94. The maximum absolute atomic E-state index is 13.0. The van der Waals surface area contributed by atoms with Gasteiger partial charge in [0.15, 0.2) is 0 Å². The number of anilines is 1. The summed E-state index contributed by atoms with van der Waals surface area (Å²) in [5.74, 6) is 1.39. The van der Waals surface area contributed by atoms with Gasteiger partial charge >= 0.3 is 0 Å². The molecule has 3 aromatic heterocycles. The smallest absolute Gasteiger partial charge is 0.225 e. The third-order valence-corrected chi connectivity index (χ3v) is 7.54. The number of nitrogens with zero attached hydrogens (tertiary/aromatic N) is 5. The van der Waals surface area contributed by atoms with Crippen molar-refractivity contribution in [2.24, 2.45) is 11.8 Å². The largest absolute Gasteiger partial charge is 0.367 e. The van der Waals surface area contributed by atoms with Gasteiger partial charge < -0.3 is 14.8 Å². The highest BCUT2D eigenvalue weighted by Gasteiger charge is 2.30. The fourth-order valence-corrected chi connectivity index (χ4v) is 5.38. The van der Waals surface area contributed by atoms with E-state index in [-0.39, 0.29) is 5.92 Å². The molecule has 1 aliphatic carbocycles. The van der Waals surface area contributed by atoms with E-state index in [0.717, 1.165) is 72.9 Å². The average Bonchev–Trinajstić information content (AvgIpc) is 3.42. The molecule has 1 amide bonds. The molecule has 176 valence electrons. The molecule has 0 bridgehead atoms. The van der Waals surface area contributed by atoms with Crippen LogP contribution in [0.5, 0.6) is 0 Å². The molecule has 4 heterocycles. The number of aromatic nitrogens is 4. The van der Waals surface area contributed by atoms with Crippen LogP contribution in [-0.2, 0) is 4.79 Å². The predicted molar refractivity (Wildman–Crippen MR) is 132 cm³/mol. The molecule has 33 heavy (non-hydrogen) atoms. The Kier molecular flexibility index (Phi) is 5.89. The summed E-state index contributed by atoms with van der Waals surface area (Å²) in [5.41, 5.74) is 5.27. The molecule has 0 unspecified atom stereocenters. The normalized spacial score (nSPS) is 21.8. The van der Waals surface area contributed by atoms with Crippen LogP contribution in [0.2, 0.25) is 0 Å². The number of fused-ring (bicyclic) bond motifs is 1. The molecule has 0 spiro atoms. The second-order valence-corrected chi connectivity index (χ2v) is 10.2. The minimum absolute atomic E-state index is 0.239. The van der Waals surface area contributed by atoms with Gasteiger partial charge in [-0.1, -0.05) is 6.92 Å². The summed E-state index contributed by atoms with van der Waals surface area (Å²) in [6.07, 6.45) is 8.49. The lowest BCUT2D eigenvalue weighted by Gasteiger charge is -2.38. The van der Waals surface area contributed by atoms with E-state index in [0.29, 0.717) is 11.9 Å². The van der Waals surface area contributed by atoms with Crippen molar-refractivity contribution in [1.29, 1.82) is 0 Å². The Morgan fingerprint density at radius 1 is 1.12 bits per heavy atom. The zero-order valence-electron chi connectivity index (χ0n) is 20.3. The van der Waals surface area contributed by atoms with Crippen molar-refractivity contribution >= 4 is 22.6 Å². The molecule has 2 fully saturated rings. The number of carbonyl (C=O) groups excluding carboxylic acids is 1. The van der Waals surface area contributed by atoms with Crippen molar-refractivity contribution in [3.05, 3.63) is 30.2 Å². The monoisotopic (exact) mass is 448 g/mol. The number of aromatic amines is 1. The van der Waals surface area contributed by atoms with E-state index < -0.39 is 0 Å². The van der Waals surface area contributed by atoms with Gasteiger partial charge in [0, 0.05) is 67.2 Å². The summed E-state index contributed by atoms with van der Waals surface area (Å²) >= 11 is 0. The number of pyridine rings is 1. The van der Waals surface area contributed by atoms with E-state index in [1.165, 1.54) is 18.5 Å². The molecule has 2 aliphatic rings. The van der Waals surface area contributed by atoms with Crippen LogP contribution in [0, 0.1) is 18.8 Å². The molecular weight excluding hydrogens is 412 g/mol. The second kappa shape index (κ2) is 8.84. The van der Waals surface area contributed by atoms with E-state index in [1.54, 1.807) is 0 Å². The Labute approximate surface area is 196 Å². The number of hydrogen-bond donors (Lipinski definition) is 1. The van der Waals surface area contributed by atoms with Gasteiger partial charge in [-0.25, -0.2) is 4.98 Å². The zero-order valence-corrected chi connectivity index (χ0v) is 20.3. The van der Waals surface area contributed by atoms with E-state index in [4.69, 9.17) is 0 Å². The number of piperazine rings is 1. The van der Waals surface area contributed by atoms with Crippen LogP contribution in [-0.4, -0.2) is 56.7 Å². The average molecular weight is 449 g/mol. The number of rotatable bonds is 4. The third-order valence-electron chi connectivity index (χ3n) is 7.54. The number of nitrogens with one attached hydrogen (secondary N) is 1. The number of aryl methyl sites for hydroxylation is 1. The molecule has 5 rings (SSSR count). The van der Waals surface area contributed by atoms with Gasteiger partial charge in [0.25, 0.3) is 0 Å². The summed E-state index contributed by atoms with van der Waals surface area (Å²) in [6, 6.07) is 4.63. The van der Waals surface area contributed by atoms with Crippen LogP contribution >= 0.6 is 0 Å². The Morgan fingerprint density at radius 3 is 2.52 bits per heavy atom. The van der Waals surface area contributed by atoms with Crippen molar-refractivity contribution in [3.8, 4) is 11.3 Å². The lowest BCUT2D eigenvalue weighted by molar-refractivity contribution is -0.137. The van der Waals surface area contributed by atoms with Crippen LogP contribution < -0.4 is 4.90 Å². The van der Waals surface area contributed by atoms with E-state index in [2.05, 4.69) is 70.9 Å². The van der Waals surface area contributed by atoms with Gasteiger partial charge in [0.05, 0.1) is 11.4 Å². The zero-order chi connectivity index (χ0) is 23.1. The number of hydrogen-bond acceptors (Lipinski definition) is 4. The Balaban J connectivity index is 1.32. The SMILES string of the molecule is Cc1nn(C(C)C)cc1-c1cc2c(N3CCN(C(=O)C4CCC(C)CC4)CC3)ccnc2[nH]1. The first-order valence-corrected chi connectivity index (χ1v) is 12.5. The van der Waals surface area contributed by atoms with Crippen molar-refractivity contribution in [2.75, 3.05) is 31.1 Å². The van der Waals surface area contributed by atoms with Crippen LogP contribution in [0.3, 0.4) is 0 Å². The molecule has 1 saturated carbocycles. The fourth-order valence-electron chi connectivity index (χ4n) is 5.38. The van der Waals surface area contributed by atoms with Gasteiger partial charge in [-0.15, -0.1) is 0 Å². The highest BCUT2D eigenvalue weighted by atomic mass is 16.2. The van der Waals surface area contributed by atoms with Gasteiger partial charge in [0.2, 0.25) is 5.91 Å². The van der Waals surface area contributed by atoms with Crippen LogP contribution in [0.1, 0.15) is 58.2 Å². The predicted octanol–water partition coefficient (Wildman–Crippen LogP) is 4.79. The minimum Gasteiger partial charge on any atom is -0.367 e. The van der Waals surface area contributed by atoms with E-state index >= 15 is 0 Å². The molecule has 7 nitrogen and oxygen atoms in total. The summed E-state index contributed by atoms with van der Waals surface area (Å²) < 4.78 is 2.01. The molecule has 1 saturated heterocycles. The number of carbonyl (C=O) groups is 1. The lowest BCUT2D eigenvalue weighted by atomic mass is 9.82. The molecule has 3 aromatic rings. The molecule has 7 heteroatoms. The van der Waals surface area contributed by atoms with E-state index in [9.17, 15) is 4.79 Å². The second-order valence-electron chi connectivity index (χ2n) is 10.2. The van der Waals surface area contributed by atoms with Crippen molar-refractivity contribution in [3.63, 3.8) is 0 Å². The minimum atomic E-state index is 0.239. The molecule has 0 aromatic carbocycles. The van der Waals surface area contributed by atoms with Crippen molar-refractivity contribution in [1.82, 2.24) is 24.6 Å². The topological polar surface area (TPSA) is 70.1 Å². The van der Waals surface area contributed by atoms with Crippen LogP contribution in [0.25, 0.3) is 22.3 Å². The lowest BCUT2D eigenvalue weighted by Crippen LogP contribution is -2.50. The molecule has 1 N–H and O–H groups in total. The van der Waals surface area contributed by atoms with Crippen molar-refractivity contribution < 1.29 is 4.79 Å². The van der Waals surface area contributed by atoms with Gasteiger partial charge in [-0.3, -0.25) is 9.48 Å². The summed E-state index contributed by atoms with van der Waals surface area (Å²) in [5, 5.41) is 5.79. The van der Waals surface area contributed by atoms with E-state index in [1.807, 2.05) is 10.9 Å². The van der Waals surface area contributed by atoms with Crippen molar-refractivity contribution in [2.45, 2.75) is 59.4 Å². The molecule has 0 radical (unpaired) electrons. The first-order chi connectivity index (χ1) is 15.9. The van der Waals surface area contributed by atoms with Gasteiger partial charge in [-0.2, -0.15) is 5.10 Å². The van der Waals surface area contributed by atoms with Gasteiger partial charge in [0.1, 0.15) is 5.65 Å². The number of amides is 1. The third kappa shape index (κ3) is 4.25. The van der Waals surface area contributed by atoms with Crippen LogP contribution in [0.15, 0.2) is 24.5 Å². The summed E-state index contributed by atoms with van der Waals surface area (Å²) in [4.78, 5) is 25.6. The summed E-state index contributed by atoms with van der Waals surface area (Å²) in [7, 11) is 0. The quantitative estimate of drug-likeness (QED) is 0.623. The first-order valence-electron chi connectivity index (χ1n) is 12.5. The Hall–Kier alpha value is -2.83. The first kappa shape index (κ1) is 22.0. The molecular formula is C26H36N6O. The maximum Gasteiger partial charge on any atom is 0.225 e. The Morgan fingerprint density at radius 2 is 1.85 bits per heavy atom. The maximum atomic E-state index is 13.0. The van der Waals surface area contributed by atoms with Crippen LogP contribution in [0.4, 0.5) is 5.69 Å².